The van der Waals surface area contributed by atoms with Gasteiger partial charge in [-0.1, -0.05) is 43.2 Å². The molecule has 3 N–H and O–H groups in total. The molecule has 1 fully saturated rings. The van der Waals surface area contributed by atoms with Crippen molar-refractivity contribution in [3.63, 3.8) is 0 Å². The van der Waals surface area contributed by atoms with Crippen molar-refractivity contribution < 1.29 is 23.9 Å². The van der Waals surface area contributed by atoms with Crippen LogP contribution in [0.2, 0.25) is 0 Å². The maximum Gasteiger partial charge on any atom is 0.407 e. The van der Waals surface area contributed by atoms with Gasteiger partial charge >= 0.3 is 12.2 Å². The molecule has 0 heterocycles. The van der Waals surface area contributed by atoms with E-state index in [1.807, 2.05) is 30.3 Å². The Hall–Kier alpha value is -2.77. The zero-order chi connectivity index (χ0) is 21.3. The van der Waals surface area contributed by atoms with Gasteiger partial charge < -0.3 is 25.4 Å². The molecular weight excluding hydrogens is 374 g/mol. The van der Waals surface area contributed by atoms with Gasteiger partial charge in [0.25, 0.3) is 0 Å². The molecule has 1 aliphatic rings. The van der Waals surface area contributed by atoms with Gasteiger partial charge in [-0.05, 0) is 39.2 Å². The summed E-state index contributed by atoms with van der Waals surface area (Å²) >= 11 is 0. The van der Waals surface area contributed by atoms with Crippen LogP contribution in [0.25, 0.3) is 0 Å². The number of benzene rings is 1. The highest BCUT2D eigenvalue weighted by molar-refractivity contribution is 5.82. The van der Waals surface area contributed by atoms with Crippen LogP contribution in [0, 0.1) is 0 Å². The van der Waals surface area contributed by atoms with Gasteiger partial charge in [-0.25, -0.2) is 9.59 Å². The lowest BCUT2D eigenvalue weighted by Gasteiger charge is -2.33. The predicted octanol–water partition coefficient (Wildman–Crippen LogP) is 2.86. The Bertz CT molecular complexity index is 687. The third-order valence-electron chi connectivity index (χ3n) is 4.42. The molecule has 8 nitrogen and oxygen atoms in total. The van der Waals surface area contributed by atoms with Gasteiger partial charge in [0.1, 0.15) is 18.8 Å². The van der Waals surface area contributed by atoms with Crippen LogP contribution < -0.4 is 16.0 Å². The van der Waals surface area contributed by atoms with Gasteiger partial charge in [0.15, 0.2) is 0 Å². The van der Waals surface area contributed by atoms with E-state index in [1.54, 1.807) is 20.8 Å². The minimum atomic E-state index is -0.656. The van der Waals surface area contributed by atoms with E-state index >= 15 is 0 Å². The maximum absolute atomic E-state index is 12.2. The molecule has 1 aliphatic carbocycles. The van der Waals surface area contributed by atoms with Gasteiger partial charge in [0.05, 0.1) is 6.04 Å². The molecule has 160 valence electrons. The lowest BCUT2D eigenvalue weighted by atomic mass is 9.90. The molecule has 0 radical (unpaired) electrons. The van der Waals surface area contributed by atoms with Gasteiger partial charge in [0.2, 0.25) is 5.91 Å². The van der Waals surface area contributed by atoms with Gasteiger partial charge in [-0.15, -0.1) is 0 Å². The first-order valence-electron chi connectivity index (χ1n) is 9.96. The zero-order valence-corrected chi connectivity index (χ0v) is 17.3. The van der Waals surface area contributed by atoms with Crippen molar-refractivity contribution in [2.45, 2.75) is 70.7 Å². The van der Waals surface area contributed by atoms with Crippen molar-refractivity contribution >= 4 is 18.1 Å². The Morgan fingerprint density at radius 2 is 1.59 bits per heavy atom. The quantitative estimate of drug-likeness (QED) is 0.675. The molecule has 0 spiro atoms. The number of hydrogen-bond donors (Lipinski definition) is 3. The molecule has 1 aromatic rings. The van der Waals surface area contributed by atoms with Crippen LogP contribution in [0.4, 0.5) is 9.59 Å². The number of amides is 3. The highest BCUT2D eigenvalue weighted by Crippen LogP contribution is 2.19. The Balaban J connectivity index is 1.74. The van der Waals surface area contributed by atoms with Crippen molar-refractivity contribution in [3.05, 3.63) is 35.9 Å². The first kappa shape index (κ1) is 22.5. The van der Waals surface area contributed by atoms with E-state index in [-0.39, 0.29) is 31.1 Å². The molecule has 8 heteroatoms. The molecule has 2 rings (SSSR count). The molecular formula is C21H31N3O5. The summed E-state index contributed by atoms with van der Waals surface area (Å²) in [4.78, 5) is 36.0. The lowest BCUT2D eigenvalue weighted by molar-refractivity contribution is -0.121. The Morgan fingerprint density at radius 1 is 0.966 bits per heavy atom. The molecule has 1 aromatic carbocycles. The van der Waals surface area contributed by atoms with Crippen LogP contribution in [0.1, 0.15) is 52.0 Å². The van der Waals surface area contributed by atoms with Crippen LogP contribution in [0.5, 0.6) is 0 Å². The molecule has 2 atom stereocenters. The Kier molecular flexibility index (Phi) is 8.30. The lowest BCUT2D eigenvalue weighted by Crippen LogP contribution is -2.55. The SMILES string of the molecule is CC(C)(C)OC(=O)N[C@@H]1CCCC[C@@H]1NC(=O)CNC(=O)OCc1ccccc1. The van der Waals surface area contributed by atoms with Crippen molar-refractivity contribution in [3.8, 4) is 0 Å². The van der Waals surface area contributed by atoms with Crippen molar-refractivity contribution in [1.82, 2.24) is 16.0 Å². The van der Waals surface area contributed by atoms with E-state index in [9.17, 15) is 14.4 Å². The molecule has 0 aliphatic heterocycles. The number of carbonyl (C=O) groups excluding carboxylic acids is 3. The van der Waals surface area contributed by atoms with Crippen LogP contribution in [-0.4, -0.2) is 42.3 Å². The third kappa shape index (κ3) is 8.85. The summed E-state index contributed by atoms with van der Waals surface area (Å²) < 4.78 is 10.4. The van der Waals surface area contributed by atoms with E-state index in [1.165, 1.54) is 0 Å². The summed E-state index contributed by atoms with van der Waals surface area (Å²) in [6.45, 7) is 5.35. The average Bonchev–Trinajstić information content (AvgIpc) is 2.65. The molecule has 29 heavy (non-hydrogen) atoms. The van der Waals surface area contributed by atoms with Crippen LogP contribution in [0.3, 0.4) is 0 Å². The zero-order valence-electron chi connectivity index (χ0n) is 17.3. The number of rotatable bonds is 6. The first-order chi connectivity index (χ1) is 13.7. The van der Waals surface area contributed by atoms with Gasteiger partial charge in [-0.2, -0.15) is 0 Å². The molecule has 1 saturated carbocycles. The smallest absolute Gasteiger partial charge is 0.407 e. The fourth-order valence-corrected chi connectivity index (χ4v) is 3.12. The van der Waals surface area contributed by atoms with Crippen molar-refractivity contribution in [2.75, 3.05) is 6.54 Å². The molecule has 0 unspecified atom stereocenters. The summed E-state index contributed by atoms with van der Waals surface area (Å²) in [5.41, 5.74) is 0.284. The maximum atomic E-state index is 12.2. The fourth-order valence-electron chi connectivity index (χ4n) is 3.12. The highest BCUT2D eigenvalue weighted by atomic mass is 16.6. The Labute approximate surface area is 171 Å². The number of nitrogens with one attached hydrogen (secondary N) is 3. The summed E-state index contributed by atoms with van der Waals surface area (Å²) in [5.74, 6) is -0.329. The summed E-state index contributed by atoms with van der Waals surface area (Å²) in [5, 5.41) is 8.18. The number of carbonyl (C=O) groups is 3. The number of hydrogen-bond acceptors (Lipinski definition) is 5. The minimum absolute atomic E-state index is 0.138. The van der Waals surface area contributed by atoms with E-state index in [0.29, 0.717) is 0 Å². The first-order valence-corrected chi connectivity index (χ1v) is 9.96. The predicted molar refractivity (Wildman–Crippen MR) is 108 cm³/mol. The molecule has 3 amide bonds. The highest BCUT2D eigenvalue weighted by Gasteiger charge is 2.29. The van der Waals surface area contributed by atoms with Crippen molar-refractivity contribution in [1.29, 1.82) is 0 Å². The molecule has 0 bridgehead atoms. The summed E-state index contributed by atoms with van der Waals surface area (Å²) in [6, 6.07) is 8.89. The normalized spacial score (nSPS) is 19.0. The van der Waals surface area contributed by atoms with E-state index in [4.69, 9.17) is 9.47 Å². The second-order valence-electron chi connectivity index (χ2n) is 8.13. The monoisotopic (exact) mass is 405 g/mol. The Morgan fingerprint density at radius 3 is 2.21 bits per heavy atom. The second-order valence-corrected chi connectivity index (χ2v) is 8.13. The fraction of sp³-hybridized carbons (Fsp3) is 0.571. The van der Waals surface area contributed by atoms with Crippen molar-refractivity contribution in [2.24, 2.45) is 0 Å². The van der Waals surface area contributed by atoms with E-state index < -0.39 is 17.8 Å². The third-order valence-corrected chi connectivity index (χ3v) is 4.42. The number of ether oxygens (including phenoxy) is 2. The van der Waals surface area contributed by atoms with Crippen LogP contribution >= 0.6 is 0 Å². The van der Waals surface area contributed by atoms with E-state index in [2.05, 4.69) is 16.0 Å². The summed E-state index contributed by atoms with van der Waals surface area (Å²) in [7, 11) is 0. The standard InChI is InChI=1S/C21H31N3O5/c1-21(2,3)29-20(27)24-17-12-8-7-11-16(17)23-18(25)13-22-19(26)28-14-15-9-5-4-6-10-15/h4-6,9-10,16-17H,7-8,11-14H2,1-3H3,(H,22,26)(H,23,25)(H,24,27)/t16-,17+/m0/s1. The van der Waals surface area contributed by atoms with E-state index in [0.717, 1.165) is 31.2 Å². The second kappa shape index (κ2) is 10.7. The van der Waals surface area contributed by atoms with Crippen LogP contribution in [0.15, 0.2) is 30.3 Å². The average molecular weight is 405 g/mol. The van der Waals surface area contributed by atoms with Crippen LogP contribution in [-0.2, 0) is 20.9 Å². The minimum Gasteiger partial charge on any atom is -0.445 e. The van der Waals surface area contributed by atoms with Gasteiger partial charge in [0, 0.05) is 6.04 Å². The number of alkyl carbamates (subject to hydrolysis) is 2. The topological polar surface area (TPSA) is 106 Å². The largest absolute Gasteiger partial charge is 0.445 e. The summed E-state index contributed by atoms with van der Waals surface area (Å²) in [6.07, 6.45) is 2.30. The molecule has 0 saturated heterocycles. The molecule has 0 aromatic heterocycles. The van der Waals surface area contributed by atoms with Gasteiger partial charge in [-0.3, -0.25) is 4.79 Å².